The number of benzene rings is 2. The molecule has 0 aromatic heterocycles. The van der Waals surface area contributed by atoms with Crippen LogP contribution in [0, 0.1) is 11.6 Å². The summed E-state index contributed by atoms with van der Waals surface area (Å²) < 4.78 is 62.1. The van der Waals surface area contributed by atoms with Crippen molar-refractivity contribution in [2.45, 2.75) is 6.61 Å². The third kappa shape index (κ3) is 5.06. The molecule has 0 saturated carbocycles. The van der Waals surface area contributed by atoms with Crippen LogP contribution in [0.25, 0.3) is 0 Å². The first-order valence-corrected chi connectivity index (χ1v) is 9.34. The van der Waals surface area contributed by atoms with E-state index in [9.17, 15) is 22.0 Å². The van der Waals surface area contributed by atoms with E-state index in [1.54, 1.807) is 10.8 Å². The molecule has 0 bridgehead atoms. The summed E-state index contributed by atoms with van der Waals surface area (Å²) in [5.41, 5.74) is -0.913. The molecule has 140 valence electrons. The van der Waals surface area contributed by atoms with Gasteiger partial charge >= 0.3 is 0 Å². The molecular formula is C16H14ClF2NO5S. The molecule has 0 fully saturated rings. The van der Waals surface area contributed by atoms with Crippen molar-refractivity contribution in [1.82, 2.24) is 4.72 Å². The first-order valence-electron chi connectivity index (χ1n) is 7.07. The van der Waals surface area contributed by atoms with Crippen LogP contribution < -0.4 is 14.2 Å². The molecule has 10 heteroatoms. The quantitative estimate of drug-likeness (QED) is 0.799. The van der Waals surface area contributed by atoms with Crippen molar-refractivity contribution >= 4 is 27.5 Å². The van der Waals surface area contributed by atoms with Gasteiger partial charge in [0.15, 0.2) is 0 Å². The van der Waals surface area contributed by atoms with Crippen molar-refractivity contribution in [3.8, 4) is 11.5 Å². The lowest BCUT2D eigenvalue weighted by molar-refractivity contribution is 0.0977. The van der Waals surface area contributed by atoms with E-state index in [0.29, 0.717) is 11.8 Å². The summed E-state index contributed by atoms with van der Waals surface area (Å²) in [6, 6.07) is 5.93. The van der Waals surface area contributed by atoms with E-state index in [4.69, 9.17) is 21.1 Å². The lowest BCUT2D eigenvalue weighted by Crippen LogP contribution is -2.30. The Balaban J connectivity index is 2.19. The lowest BCUT2D eigenvalue weighted by Gasteiger charge is -2.11. The van der Waals surface area contributed by atoms with E-state index >= 15 is 0 Å². The van der Waals surface area contributed by atoms with E-state index in [1.165, 1.54) is 19.2 Å². The summed E-state index contributed by atoms with van der Waals surface area (Å²) in [5.74, 6) is -2.57. The number of methoxy groups -OCH3 is 1. The highest BCUT2D eigenvalue weighted by atomic mass is 35.5. The number of sulfonamides is 1. The third-order valence-corrected chi connectivity index (χ3v) is 4.03. The van der Waals surface area contributed by atoms with Gasteiger partial charge in [0, 0.05) is 11.6 Å². The second-order valence-electron chi connectivity index (χ2n) is 5.21. The second-order valence-corrected chi connectivity index (χ2v) is 7.37. The fourth-order valence-corrected chi connectivity index (χ4v) is 2.65. The summed E-state index contributed by atoms with van der Waals surface area (Å²) in [4.78, 5) is 11.7. The molecule has 26 heavy (non-hydrogen) atoms. The molecule has 0 unspecified atom stereocenters. The summed E-state index contributed by atoms with van der Waals surface area (Å²) in [5, 5.41) is 0.217. The van der Waals surface area contributed by atoms with Gasteiger partial charge in [-0.3, -0.25) is 4.79 Å². The van der Waals surface area contributed by atoms with E-state index in [1.807, 2.05) is 0 Å². The first-order chi connectivity index (χ1) is 12.1. The van der Waals surface area contributed by atoms with Crippen molar-refractivity contribution in [2.24, 2.45) is 0 Å². The van der Waals surface area contributed by atoms with E-state index < -0.39 is 33.1 Å². The molecule has 0 radical (unpaired) electrons. The zero-order valence-corrected chi connectivity index (χ0v) is 15.2. The van der Waals surface area contributed by atoms with Crippen molar-refractivity contribution < 1.29 is 31.5 Å². The van der Waals surface area contributed by atoms with Crippen LogP contribution in [-0.2, 0) is 16.6 Å². The maximum atomic E-state index is 14.1. The smallest absolute Gasteiger partial charge is 0.267 e. The molecule has 0 atom stereocenters. The highest BCUT2D eigenvalue weighted by Crippen LogP contribution is 2.29. The molecule has 2 rings (SSSR count). The van der Waals surface area contributed by atoms with Gasteiger partial charge < -0.3 is 9.47 Å². The number of hydrogen-bond acceptors (Lipinski definition) is 5. The number of ether oxygens (including phenoxy) is 2. The lowest BCUT2D eigenvalue weighted by atomic mass is 10.1. The Morgan fingerprint density at radius 3 is 2.46 bits per heavy atom. The normalized spacial score (nSPS) is 11.1. The molecule has 1 amide bonds. The van der Waals surface area contributed by atoms with Crippen LogP contribution in [-0.4, -0.2) is 27.7 Å². The minimum atomic E-state index is -3.91. The van der Waals surface area contributed by atoms with Gasteiger partial charge in [0.2, 0.25) is 10.0 Å². The minimum absolute atomic E-state index is 0.176. The minimum Gasteiger partial charge on any atom is -0.497 e. The van der Waals surface area contributed by atoms with Crippen LogP contribution in [0.4, 0.5) is 8.78 Å². The Labute approximate surface area is 153 Å². The average molecular weight is 406 g/mol. The van der Waals surface area contributed by atoms with Gasteiger partial charge in [-0.05, 0) is 24.3 Å². The van der Waals surface area contributed by atoms with Gasteiger partial charge in [0.25, 0.3) is 5.91 Å². The van der Waals surface area contributed by atoms with Crippen LogP contribution in [0.5, 0.6) is 11.5 Å². The topological polar surface area (TPSA) is 81.7 Å². The molecule has 0 aliphatic rings. The third-order valence-electron chi connectivity index (χ3n) is 3.18. The molecule has 6 nitrogen and oxygen atoms in total. The Morgan fingerprint density at radius 1 is 1.19 bits per heavy atom. The average Bonchev–Trinajstić information content (AvgIpc) is 2.54. The second kappa shape index (κ2) is 7.88. The molecular weight excluding hydrogens is 392 g/mol. The van der Waals surface area contributed by atoms with Crippen molar-refractivity contribution in [2.75, 3.05) is 13.4 Å². The fraction of sp³-hybridized carbons (Fsp3) is 0.188. The van der Waals surface area contributed by atoms with Gasteiger partial charge in [-0.15, -0.1) is 0 Å². The predicted molar refractivity (Wildman–Crippen MR) is 91.0 cm³/mol. The Kier molecular flexibility index (Phi) is 6.04. The fourth-order valence-electron chi connectivity index (χ4n) is 1.98. The molecule has 1 N–H and O–H groups in total. The van der Waals surface area contributed by atoms with Crippen LogP contribution in [0.1, 0.15) is 15.9 Å². The Morgan fingerprint density at radius 2 is 1.88 bits per heavy atom. The molecule has 0 heterocycles. The predicted octanol–water partition coefficient (Wildman–Crippen LogP) is 2.90. The Bertz CT molecular complexity index is 950. The number of amides is 1. The summed E-state index contributed by atoms with van der Waals surface area (Å²) in [6.45, 7) is -0.358. The van der Waals surface area contributed by atoms with Gasteiger partial charge in [0.1, 0.15) is 29.7 Å². The summed E-state index contributed by atoms with van der Waals surface area (Å²) in [7, 11) is -2.44. The van der Waals surface area contributed by atoms with Crippen LogP contribution in [0.2, 0.25) is 5.02 Å². The molecule has 0 spiro atoms. The van der Waals surface area contributed by atoms with Crippen LogP contribution in [0.3, 0.4) is 0 Å². The first kappa shape index (κ1) is 19.9. The van der Waals surface area contributed by atoms with Gasteiger partial charge in [-0.2, -0.15) is 0 Å². The maximum absolute atomic E-state index is 14.1. The number of nitrogens with one attached hydrogen (secondary N) is 1. The van der Waals surface area contributed by atoms with E-state index in [2.05, 4.69) is 0 Å². The highest BCUT2D eigenvalue weighted by Gasteiger charge is 2.19. The molecule has 0 aliphatic carbocycles. The number of halogens is 3. The van der Waals surface area contributed by atoms with Crippen LogP contribution >= 0.6 is 11.6 Å². The zero-order valence-electron chi connectivity index (χ0n) is 13.7. The maximum Gasteiger partial charge on any atom is 0.267 e. The molecule has 2 aromatic carbocycles. The summed E-state index contributed by atoms with van der Waals surface area (Å²) >= 11 is 5.99. The molecule has 0 aliphatic heterocycles. The van der Waals surface area contributed by atoms with Gasteiger partial charge in [0.05, 0.1) is 24.0 Å². The van der Waals surface area contributed by atoms with Crippen molar-refractivity contribution in [1.29, 1.82) is 0 Å². The zero-order chi connectivity index (χ0) is 19.5. The SMILES string of the molecule is COc1ccc(OCc2cc(F)c(C(=O)NS(C)(=O)=O)cc2F)c(Cl)c1. The van der Waals surface area contributed by atoms with Crippen molar-refractivity contribution in [3.05, 3.63) is 58.1 Å². The van der Waals surface area contributed by atoms with Gasteiger partial charge in [-0.1, -0.05) is 11.6 Å². The van der Waals surface area contributed by atoms with Gasteiger partial charge in [-0.25, -0.2) is 21.9 Å². The number of carbonyl (C=O) groups is 1. The number of carbonyl (C=O) groups excluding carboxylic acids is 1. The Hall–Kier alpha value is -2.39. The van der Waals surface area contributed by atoms with Crippen molar-refractivity contribution in [3.63, 3.8) is 0 Å². The van der Waals surface area contributed by atoms with Crippen LogP contribution in [0.15, 0.2) is 30.3 Å². The highest BCUT2D eigenvalue weighted by molar-refractivity contribution is 7.89. The number of hydrogen-bond donors (Lipinski definition) is 1. The summed E-state index contributed by atoms with van der Waals surface area (Å²) in [6.07, 6.45) is 0.722. The standard InChI is InChI=1S/C16H14ClF2NO5S/c1-24-10-3-4-15(12(17)6-10)25-8-9-5-14(19)11(7-13(9)18)16(21)20-26(2,22)23/h3-7H,8H2,1-2H3,(H,20,21). The molecule has 0 saturated heterocycles. The van der Waals surface area contributed by atoms with E-state index in [0.717, 1.165) is 12.3 Å². The monoisotopic (exact) mass is 405 g/mol. The largest absolute Gasteiger partial charge is 0.497 e. The number of rotatable bonds is 6. The molecule has 2 aromatic rings. The van der Waals surface area contributed by atoms with E-state index in [-0.39, 0.29) is 22.9 Å².